The number of amides is 1. The van der Waals surface area contributed by atoms with Crippen LogP contribution >= 0.6 is 0 Å². The third-order valence-electron chi connectivity index (χ3n) is 5.97. The maximum Gasteiger partial charge on any atom is 0.223 e. The number of imidazole rings is 1. The summed E-state index contributed by atoms with van der Waals surface area (Å²) >= 11 is 0. The van der Waals surface area contributed by atoms with Gasteiger partial charge in [0.1, 0.15) is 17.3 Å². The van der Waals surface area contributed by atoms with E-state index < -0.39 is 0 Å². The van der Waals surface area contributed by atoms with Crippen LogP contribution in [0.3, 0.4) is 0 Å². The van der Waals surface area contributed by atoms with E-state index in [1.54, 1.807) is 7.11 Å². The fraction of sp³-hybridized carbons (Fsp3) is 0.440. The Morgan fingerprint density at radius 2 is 1.90 bits per heavy atom. The lowest BCUT2D eigenvalue weighted by Gasteiger charge is -2.20. The lowest BCUT2D eigenvalue weighted by Crippen LogP contribution is -2.32. The van der Waals surface area contributed by atoms with Crippen molar-refractivity contribution < 1.29 is 14.3 Å². The lowest BCUT2D eigenvalue weighted by molar-refractivity contribution is -0.126. The van der Waals surface area contributed by atoms with Gasteiger partial charge in [0, 0.05) is 18.5 Å². The lowest BCUT2D eigenvalue weighted by atomic mass is 9.89. The molecule has 0 bridgehead atoms. The molecule has 6 nitrogen and oxygen atoms in total. The summed E-state index contributed by atoms with van der Waals surface area (Å²) < 4.78 is 13.3. The van der Waals surface area contributed by atoms with E-state index in [0.717, 1.165) is 67.0 Å². The average molecular weight is 422 g/mol. The Hall–Kier alpha value is -3.02. The van der Waals surface area contributed by atoms with Crippen molar-refractivity contribution in [1.82, 2.24) is 14.9 Å². The molecule has 3 aromatic rings. The van der Waals surface area contributed by atoms with Gasteiger partial charge >= 0.3 is 0 Å². The van der Waals surface area contributed by atoms with E-state index in [1.807, 2.05) is 42.5 Å². The second-order valence-electron chi connectivity index (χ2n) is 8.10. The largest absolute Gasteiger partial charge is 0.497 e. The molecule has 0 spiro atoms. The second kappa shape index (κ2) is 10.3. The third-order valence-corrected chi connectivity index (χ3v) is 5.97. The SMILES string of the molecule is COc1cccc(OCCCn2c(CNC(=O)C3CCCCC3)nc3ccccc32)c1. The Morgan fingerprint density at radius 1 is 1.10 bits per heavy atom. The fourth-order valence-corrected chi connectivity index (χ4v) is 4.29. The maximum absolute atomic E-state index is 12.6. The van der Waals surface area contributed by atoms with Gasteiger partial charge in [0.2, 0.25) is 5.91 Å². The summed E-state index contributed by atoms with van der Waals surface area (Å²) in [7, 11) is 1.65. The van der Waals surface area contributed by atoms with Crippen LogP contribution in [0.2, 0.25) is 0 Å². The number of methoxy groups -OCH3 is 1. The number of ether oxygens (including phenoxy) is 2. The normalized spacial score (nSPS) is 14.5. The van der Waals surface area contributed by atoms with Crippen LogP contribution in [0.15, 0.2) is 48.5 Å². The quantitative estimate of drug-likeness (QED) is 0.508. The van der Waals surface area contributed by atoms with E-state index in [9.17, 15) is 4.79 Å². The van der Waals surface area contributed by atoms with Crippen LogP contribution < -0.4 is 14.8 Å². The van der Waals surface area contributed by atoms with Gasteiger partial charge in [0.25, 0.3) is 0 Å². The Kier molecular flexibility index (Phi) is 7.07. The van der Waals surface area contributed by atoms with Crippen LogP contribution in [-0.2, 0) is 17.9 Å². The minimum atomic E-state index is 0.155. The molecule has 1 aliphatic rings. The van der Waals surface area contributed by atoms with Crippen molar-refractivity contribution in [3.05, 3.63) is 54.4 Å². The van der Waals surface area contributed by atoms with Crippen LogP contribution in [0.1, 0.15) is 44.3 Å². The molecule has 1 aliphatic carbocycles. The minimum Gasteiger partial charge on any atom is -0.497 e. The number of aromatic nitrogens is 2. The molecule has 1 N–H and O–H groups in total. The Morgan fingerprint density at radius 3 is 2.74 bits per heavy atom. The van der Waals surface area contributed by atoms with Gasteiger partial charge in [-0.25, -0.2) is 4.98 Å². The number of hydrogen-bond acceptors (Lipinski definition) is 4. The molecule has 31 heavy (non-hydrogen) atoms. The van der Waals surface area contributed by atoms with Crippen LogP contribution in [0.4, 0.5) is 0 Å². The summed E-state index contributed by atoms with van der Waals surface area (Å²) in [6.07, 6.45) is 6.40. The molecule has 1 heterocycles. The van der Waals surface area contributed by atoms with E-state index in [2.05, 4.69) is 16.0 Å². The molecule has 0 radical (unpaired) electrons. The highest BCUT2D eigenvalue weighted by Gasteiger charge is 2.21. The third kappa shape index (κ3) is 5.37. The van der Waals surface area contributed by atoms with Crippen molar-refractivity contribution in [3.8, 4) is 11.5 Å². The summed E-state index contributed by atoms with van der Waals surface area (Å²) in [5.74, 6) is 2.80. The Balaban J connectivity index is 1.38. The first kappa shape index (κ1) is 21.2. The predicted molar refractivity (Wildman–Crippen MR) is 121 cm³/mol. The molecule has 0 aliphatic heterocycles. The first-order valence-corrected chi connectivity index (χ1v) is 11.2. The second-order valence-corrected chi connectivity index (χ2v) is 8.10. The topological polar surface area (TPSA) is 65.4 Å². The smallest absolute Gasteiger partial charge is 0.223 e. The standard InChI is InChI=1S/C25H31N3O3/c1-30-20-11-7-12-21(17-20)31-16-8-15-28-23-14-6-5-13-22(23)27-24(28)18-26-25(29)19-9-3-2-4-10-19/h5-7,11-14,17,19H,2-4,8-10,15-16,18H2,1H3,(H,26,29). The number of carbonyl (C=O) groups excluding carboxylic acids is 1. The highest BCUT2D eigenvalue weighted by atomic mass is 16.5. The van der Waals surface area contributed by atoms with Gasteiger partial charge in [-0.1, -0.05) is 37.5 Å². The molecule has 1 aromatic heterocycles. The zero-order chi connectivity index (χ0) is 21.5. The molecule has 1 saturated carbocycles. The van der Waals surface area contributed by atoms with Gasteiger partial charge in [0.05, 0.1) is 31.3 Å². The molecule has 6 heteroatoms. The highest BCUT2D eigenvalue weighted by molar-refractivity contribution is 5.79. The van der Waals surface area contributed by atoms with Gasteiger partial charge in [0.15, 0.2) is 0 Å². The van der Waals surface area contributed by atoms with Crippen LogP contribution in [-0.4, -0.2) is 29.2 Å². The van der Waals surface area contributed by atoms with E-state index >= 15 is 0 Å². The highest BCUT2D eigenvalue weighted by Crippen LogP contribution is 2.24. The molecule has 4 rings (SSSR count). The monoisotopic (exact) mass is 421 g/mol. The number of benzene rings is 2. The van der Waals surface area contributed by atoms with Crippen molar-refractivity contribution in [2.24, 2.45) is 5.92 Å². The van der Waals surface area contributed by atoms with Crippen molar-refractivity contribution in [2.45, 2.75) is 51.6 Å². The van der Waals surface area contributed by atoms with Crippen molar-refractivity contribution in [3.63, 3.8) is 0 Å². The zero-order valence-corrected chi connectivity index (χ0v) is 18.2. The minimum absolute atomic E-state index is 0.155. The van der Waals surface area contributed by atoms with Gasteiger partial charge in [-0.05, 0) is 43.5 Å². The van der Waals surface area contributed by atoms with Crippen LogP contribution in [0.5, 0.6) is 11.5 Å². The van der Waals surface area contributed by atoms with E-state index in [-0.39, 0.29) is 11.8 Å². The van der Waals surface area contributed by atoms with Gasteiger partial charge in [-0.3, -0.25) is 4.79 Å². The van der Waals surface area contributed by atoms with Gasteiger partial charge in [-0.2, -0.15) is 0 Å². The first-order chi connectivity index (χ1) is 15.2. The van der Waals surface area contributed by atoms with Crippen molar-refractivity contribution >= 4 is 16.9 Å². The predicted octanol–water partition coefficient (Wildman–Crippen LogP) is 4.71. The van der Waals surface area contributed by atoms with E-state index in [4.69, 9.17) is 14.5 Å². The number of nitrogens with zero attached hydrogens (tertiary/aromatic N) is 2. The zero-order valence-electron chi connectivity index (χ0n) is 18.2. The van der Waals surface area contributed by atoms with E-state index in [1.165, 1.54) is 6.42 Å². The molecule has 2 aromatic carbocycles. The van der Waals surface area contributed by atoms with Gasteiger partial charge < -0.3 is 19.4 Å². The van der Waals surface area contributed by atoms with Crippen LogP contribution in [0.25, 0.3) is 11.0 Å². The van der Waals surface area contributed by atoms with Crippen LogP contribution in [0, 0.1) is 5.92 Å². The van der Waals surface area contributed by atoms with Crippen molar-refractivity contribution in [2.75, 3.05) is 13.7 Å². The summed E-state index contributed by atoms with van der Waals surface area (Å²) in [4.78, 5) is 17.4. The number of nitrogens with one attached hydrogen (secondary N) is 1. The molecule has 1 amide bonds. The Bertz CT molecular complexity index is 1010. The van der Waals surface area contributed by atoms with Crippen molar-refractivity contribution in [1.29, 1.82) is 0 Å². The van der Waals surface area contributed by atoms with Gasteiger partial charge in [-0.15, -0.1) is 0 Å². The van der Waals surface area contributed by atoms with E-state index in [0.29, 0.717) is 13.2 Å². The number of para-hydroxylation sites is 2. The number of hydrogen-bond donors (Lipinski definition) is 1. The first-order valence-electron chi connectivity index (χ1n) is 11.2. The number of rotatable bonds is 9. The summed E-state index contributed by atoms with van der Waals surface area (Å²) in [6, 6.07) is 15.8. The number of carbonyl (C=O) groups is 1. The molecule has 1 fully saturated rings. The Labute approximate surface area is 183 Å². The number of fused-ring (bicyclic) bond motifs is 1. The molecule has 0 unspecified atom stereocenters. The molecular formula is C25H31N3O3. The molecule has 164 valence electrons. The summed E-state index contributed by atoms with van der Waals surface area (Å²) in [5.41, 5.74) is 2.05. The fourth-order valence-electron chi connectivity index (χ4n) is 4.29. The average Bonchev–Trinajstić information content (AvgIpc) is 3.18. The summed E-state index contributed by atoms with van der Waals surface area (Å²) in [5, 5.41) is 3.13. The summed E-state index contributed by atoms with van der Waals surface area (Å²) in [6.45, 7) is 1.83. The molecule has 0 saturated heterocycles. The molecule has 0 atom stereocenters. The number of aryl methyl sites for hydroxylation is 1. The molecular weight excluding hydrogens is 390 g/mol. The maximum atomic E-state index is 12.6.